The fourth-order valence-corrected chi connectivity index (χ4v) is 1.24. The molecule has 3 nitrogen and oxygen atoms in total. The number of hydrogen-bond acceptors (Lipinski definition) is 2. The Morgan fingerprint density at radius 1 is 1.18 bits per heavy atom. The maximum atomic E-state index is 12.4. The molecule has 1 heterocycles. The summed E-state index contributed by atoms with van der Waals surface area (Å²) >= 11 is 0. The molecule has 0 saturated carbocycles. The number of halogens is 6. The molecule has 0 fully saturated rings. The van der Waals surface area contributed by atoms with Crippen LogP contribution in [-0.2, 0) is 13.2 Å². The predicted octanol–water partition coefficient (Wildman–Crippen LogP) is 2.69. The van der Waals surface area contributed by atoms with Crippen LogP contribution in [0.25, 0.3) is 0 Å². The van der Waals surface area contributed by atoms with Crippen LogP contribution in [0.2, 0.25) is 0 Å². The molecule has 0 unspecified atom stereocenters. The summed E-state index contributed by atoms with van der Waals surface area (Å²) in [5, 5.41) is 3.08. The molecule has 0 radical (unpaired) electrons. The maximum Gasteiger partial charge on any atom is 0.435 e. The van der Waals surface area contributed by atoms with Crippen LogP contribution in [0.1, 0.15) is 11.3 Å². The summed E-state index contributed by atoms with van der Waals surface area (Å²) in [6.45, 7) is -0.661. The van der Waals surface area contributed by atoms with Crippen molar-refractivity contribution < 1.29 is 31.1 Å². The summed E-state index contributed by atoms with van der Waals surface area (Å²) < 4.78 is 77.6. The lowest BCUT2D eigenvalue weighted by atomic mass is 10.2. The monoisotopic (exact) mass is 262 g/mol. The average molecular weight is 262 g/mol. The minimum Gasteiger partial charge on any atom is -0.468 e. The van der Waals surface area contributed by atoms with Crippen LogP contribution in [-0.4, -0.2) is 22.6 Å². The summed E-state index contributed by atoms with van der Waals surface area (Å²) in [7, 11) is 1.08. The first-order valence-electron chi connectivity index (χ1n) is 4.32. The van der Waals surface area contributed by atoms with Crippen LogP contribution in [0.4, 0.5) is 26.3 Å². The molecule has 0 aliphatic rings. The van der Waals surface area contributed by atoms with Gasteiger partial charge in [-0.25, -0.2) is 4.68 Å². The Bertz CT molecular complexity index is 405. The number of aryl methyl sites for hydroxylation is 1. The van der Waals surface area contributed by atoms with E-state index in [1.807, 2.05) is 0 Å². The van der Waals surface area contributed by atoms with Crippen LogP contribution in [0.15, 0.2) is 0 Å². The third kappa shape index (κ3) is 3.27. The normalized spacial score (nSPS) is 12.9. The molecular formula is C8H8F6N2O. The lowest BCUT2D eigenvalue weighted by Gasteiger charge is -2.09. The molecule has 0 spiro atoms. The minimum absolute atomic E-state index is 0.468. The summed E-state index contributed by atoms with van der Waals surface area (Å²) in [5.41, 5.74) is -1.72. The quantitative estimate of drug-likeness (QED) is 0.766. The van der Waals surface area contributed by atoms with Crippen molar-refractivity contribution in [2.75, 3.05) is 6.61 Å². The Morgan fingerprint density at radius 2 is 1.71 bits per heavy atom. The second-order valence-electron chi connectivity index (χ2n) is 3.30. The standard InChI is InChI=1S/C8H8F6N2O/c1-4-5(8(12,13)14)15-16(2)6(4)17-3-7(9,10)11/h3H2,1-2H3. The van der Waals surface area contributed by atoms with E-state index in [2.05, 4.69) is 9.84 Å². The van der Waals surface area contributed by atoms with E-state index in [-0.39, 0.29) is 0 Å². The molecule has 9 heteroatoms. The Hall–Kier alpha value is -1.41. The van der Waals surface area contributed by atoms with Gasteiger partial charge in [0.15, 0.2) is 12.3 Å². The van der Waals surface area contributed by atoms with Gasteiger partial charge in [-0.3, -0.25) is 0 Å². The zero-order valence-corrected chi connectivity index (χ0v) is 8.78. The topological polar surface area (TPSA) is 27.1 Å². The van der Waals surface area contributed by atoms with Gasteiger partial charge in [0.05, 0.1) is 0 Å². The van der Waals surface area contributed by atoms with Crippen LogP contribution in [0, 0.1) is 6.92 Å². The van der Waals surface area contributed by atoms with E-state index in [9.17, 15) is 26.3 Å². The zero-order valence-electron chi connectivity index (χ0n) is 8.78. The molecule has 0 amide bonds. The van der Waals surface area contributed by atoms with Gasteiger partial charge in [-0.2, -0.15) is 31.4 Å². The largest absolute Gasteiger partial charge is 0.468 e. The highest BCUT2D eigenvalue weighted by molar-refractivity contribution is 5.31. The zero-order chi connectivity index (χ0) is 13.4. The van der Waals surface area contributed by atoms with Gasteiger partial charge in [0.2, 0.25) is 5.88 Å². The van der Waals surface area contributed by atoms with Crippen molar-refractivity contribution in [1.82, 2.24) is 9.78 Å². The highest BCUT2D eigenvalue weighted by Crippen LogP contribution is 2.35. The van der Waals surface area contributed by atoms with Crippen molar-refractivity contribution in [3.8, 4) is 5.88 Å². The summed E-state index contributed by atoms with van der Waals surface area (Å²) in [5.74, 6) is -0.547. The number of hydrogen-bond donors (Lipinski definition) is 0. The summed E-state index contributed by atoms with van der Waals surface area (Å²) in [6.07, 6.45) is -9.34. The Balaban J connectivity index is 2.99. The fourth-order valence-electron chi connectivity index (χ4n) is 1.24. The minimum atomic E-state index is -4.72. The number of alkyl halides is 6. The van der Waals surface area contributed by atoms with Crippen molar-refractivity contribution in [1.29, 1.82) is 0 Å². The molecule has 0 N–H and O–H groups in total. The predicted molar refractivity (Wildman–Crippen MR) is 44.5 cm³/mol. The molecule has 98 valence electrons. The fraction of sp³-hybridized carbons (Fsp3) is 0.625. The lowest BCUT2D eigenvalue weighted by Crippen LogP contribution is -2.20. The van der Waals surface area contributed by atoms with Gasteiger partial charge in [-0.1, -0.05) is 0 Å². The molecule has 0 atom stereocenters. The number of ether oxygens (including phenoxy) is 1. The Labute approximate surface area is 92.0 Å². The van der Waals surface area contributed by atoms with E-state index in [1.54, 1.807) is 0 Å². The second-order valence-corrected chi connectivity index (χ2v) is 3.30. The first kappa shape index (κ1) is 13.7. The van der Waals surface area contributed by atoms with Gasteiger partial charge >= 0.3 is 12.4 Å². The van der Waals surface area contributed by atoms with E-state index in [1.165, 1.54) is 0 Å². The Kier molecular flexibility index (Phi) is 3.30. The van der Waals surface area contributed by atoms with Gasteiger partial charge in [0, 0.05) is 12.6 Å². The van der Waals surface area contributed by atoms with E-state index in [4.69, 9.17) is 0 Å². The first-order valence-corrected chi connectivity index (χ1v) is 4.32. The van der Waals surface area contributed by atoms with Gasteiger partial charge in [0.1, 0.15) is 0 Å². The molecule has 0 aromatic carbocycles. The summed E-state index contributed by atoms with van der Waals surface area (Å²) in [4.78, 5) is 0. The molecular weight excluding hydrogens is 254 g/mol. The Morgan fingerprint density at radius 3 is 2.06 bits per heavy atom. The first-order chi connectivity index (χ1) is 7.52. The van der Waals surface area contributed by atoms with E-state index in [0.717, 1.165) is 14.0 Å². The van der Waals surface area contributed by atoms with E-state index < -0.39 is 36.1 Å². The highest BCUT2D eigenvalue weighted by Gasteiger charge is 2.38. The smallest absolute Gasteiger partial charge is 0.435 e. The number of aromatic nitrogens is 2. The van der Waals surface area contributed by atoms with Crippen LogP contribution < -0.4 is 4.74 Å². The molecule has 1 aromatic heterocycles. The second kappa shape index (κ2) is 4.11. The van der Waals surface area contributed by atoms with Crippen molar-refractivity contribution in [2.45, 2.75) is 19.3 Å². The molecule has 0 aliphatic carbocycles. The van der Waals surface area contributed by atoms with Gasteiger partial charge in [0.25, 0.3) is 0 Å². The van der Waals surface area contributed by atoms with E-state index >= 15 is 0 Å². The number of rotatable bonds is 2. The van der Waals surface area contributed by atoms with Crippen molar-refractivity contribution in [3.63, 3.8) is 0 Å². The third-order valence-corrected chi connectivity index (χ3v) is 1.86. The van der Waals surface area contributed by atoms with Crippen molar-refractivity contribution in [2.24, 2.45) is 7.05 Å². The average Bonchev–Trinajstić information content (AvgIpc) is 2.37. The number of nitrogens with zero attached hydrogens (tertiary/aromatic N) is 2. The molecule has 0 bridgehead atoms. The van der Waals surface area contributed by atoms with Gasteiger partial charge in [-0.05, 0) is 6.92 Å². The molecule has 0 saturated heterocycles. The summed E-state index contributed by atoms with van der Waals surface area (Å²) in [6, 6.07) is 0. The van der Waals surface area contributed by atoms with Gasteiger partial charge < -0.3 is 4.74 Å². The highest BCUT2D eigenvalue weighted by atomic mass is 19.4. The van der Waals surface area contributed by atoms with E-state index in [0.29, 0.717) is 4.68 Å². The maximum absolute atomic E-state index is 12.4. The van der Waals surface area contributed by atoms with Crippen LogP contribution in [0.3, 0.4) is 0 Å². The molecule has 0 aliphatic heterocycles. The molecule has 1 rings (SSSR count). The van der Waals surface area contributed by atoms with Crippen molar-refractivity contribution in [3.05, 3.63) is 11.3 Å². The SMILES string of the molecule is Cc1c(C(F)(F)F)nn(C)c1OCC(F)(F)F. The molecule has 17 heavy (non-hydrogen) atoms. The third-order valence-electron chi connectivity index (χ3n) is 1.86. The van der Waals surface area contributed by atoms with Gasteiger partial charge in [-0.15, -0.1) is 0 Å². The van der Waals surface area contributed by atoms with Crippen molar-refractivity contribution >= 4 is 0 Å². The van der Waals surface area contributed by atoms with Crippen LogP contribution in [0.5, 0.6) is 5.88 Å². The molecule has 1 aromatic rings. The van der Waals surface area contributed by atoms with Crippen LogP contribution >= 0.6 is 0 Å². The lowest BCUT2D eigenvalue weighted by molar-refractivity contribution is -0.154.